The van der Waals surface area contributed by atoms with Gasteiger partial charge >= 0.3 is 15.4 Å². The zero-order valence-electron chi connectivity index (χ0n) is 10.5. The molecule has 0 spiro atoms. The minimum Gasteiger partial charge on any atom is -0.453 e. The van der Waals surface area contributed by atoms with Crippen molar-refractivity contribution in [2.45, 2.75) is 31.7 Å². The van der Waals surface area contributed by atoms with E-state index in [1.165, 1.54) is 7.11 Å². The first kappa shape index (κ1) is 15.4. The number of nitrogens with one attached hydrogen (secondary N) is 1. The lowest BCUT2D eigenvalue weighted by Gasteiger charge is -2.19. The molecule has 1 radical (unpaired) electrons. The van der Waals surface area contributed by atoms with Crippen molar-refractivity contribution in [3.05, 3.63) is 0 Å². The standard InChI is InChI=1S/C10H22NO4Si/c1-5-9(16(14-3)15-4)7-6-8-11-10(12)13-2/h9H,5-8H2,1-4H3,(H,11,12). The van der Waals surface area contributed by atoms with Gasteiger partial charge in [-0.15, -0.1) is 0 Å². The van der Waals surface area contributed by atoms with Gasteiger partial charge in [-0.1, -0.05) is 13.3 Å². The second-order valence-corrected chi connectivity index (χ2v) is 5.66. The number of alkyl carbamates (subject to hydrolysis) is 1. The Morgan fingerprint density at radius 3 is 2.38 bits per heavy atom. The van der Waals surface area contributed by atoms with Gasteiger partial charge in [-0.25, -0.2) is 4.79 Å². The third-order valence-electron chi connectivity index (χ3n) is 2.41. The van der Waals surface area contributed by atoms with Crippen molar-refractivity contribution in [2.24, 2.45) is 0 Å². The molecule has 0 aliphatic heterocycles. The minimum absolute atomic E-state index is 0.378. The monoisotopic (exact) mass is 248 g/mol. The first-order valence-electron chi connectivity index (χ1n) is 5.46. The van der Waals surface area contributed by atoms with Crippen LogP contribution < -0.4 is 5.32 Å². The van der Waals surface area contributed by atoms with Crippen LogP contribution in [0.4, 0.5) is 4.79 Å². The number of amides is 1. The molecule has 1 atom stereocenters. The van der Waals surface area contributed by atoms with Gasteiger partial charge in [-0.3, -0.25) is 0 Å². The van der Waals surface area contributed by atoms with Gasteiger partial charge in [-0.05, 0) is 12.8 Å². The maximum absolute atomic E-state index is 10.8. The largest absolute Gasteiger partial charge is 0.453 e. The summed E-state index contributed by atoms with van der Waals surface area (Å²) in [7, 11) is 3.58. The van der Waals surface area contributed by atoms with Crippen molar-refractivity contribution in [1.82, 2.24) is 5.32 Å². The topological polar surface area (TPSA) is 56.8 Å². The number of carbonyl (C=O) groups excluding carboxylic acids is 1. The predicted octanol–water partition coefficient (Wildman–Crippen LogP) is 1.68. The molecular formula is C10H22NO4Si. The van der Waals surface area contributed by atoms with Gasteiger partial charge in [0.1, 0.15) is 0 Å². The van der Waals surface area contributed by atoms with E-state index in [-0.39, 0.29) is 6.09 Å². The Bertz CT molecular complexity index is 188. The molecule has 16 heavy (non-hydrogen) atoms. The number of carbonyl (C=O) groups is 1. The normalized spacial score (nSPS) is 12.6. The van der Waals surface area contributed by atoms with Crippen LogP contribution in [0.2, 0.25) is 5.54 Å². The lowest BCUT2D eigenvalue weighted by Crippen LogP contribution is -2.28. The van der Waals surface area contributed by atoms with Gasteiger partial charge < -0.3 is 18.9 Å². The van der Waals surface area contributed by atoms with E-state index in [1.807, 2.05) is 0 Å². The molecule has 0 aliphatic carbocycles. The number of hydrogen-bond acceptors (Lipinski definition) is 4. The van der Waals surface area contributed by atoms with Gasteiger partial charge in [0.2, 0.25) is 0 Å². The summed E-state index contributed by atoms with van der Waals surface area (Å²) in [6.07, 6.45) is 2.57. The van der Waals surface area contributed by atoms with Crippen molar-refractivity contribution in [2.75, 3.05) is 27.9 Å². The van der Waals surface area contributed by atoms with E-state index in [2.05, 4.69) is 17.0 Å². The molecule has 0 aromatic carbocycles. The Morgan fingerprint density at radius 1 is 1.31 bits per heavy atom. The quantitative estimate of drug-likeness (QED) is 0.524. The van der Waals surface area contributed by atoms with Crippen LogP contribution in [0.5, 0.6) is 0 Å². The van der Waals surface area contributed by atoms with Gasteiger partial charge in [0, 0.05) is 26.3 Å². The Hall–Kier alpha value is -0.593. The summed E-state index contributed by atoms with van der Waals surface area (Å²) in [6, 6.07) is 0. The van der Waals surface area contributed by atoms with Crippen molar-refractivity contribution < 1.29 is 18.4 Å². The third kappa shape index (κ3) is 6.09. The van der Waals surface area contributed by atoms with Crippen LogP contribution in [0.3, 0.4) is 0 Å². The van der Waals surface area contributed by atoms with Crippen LogP contribution in [-0.2, 0) is 13.6 Å². The highest BCUT2D eigenvalue weighted by Crippen LogP contribution is 2.22. The Kier molecular flexibility index (Phi) is 9.26. The van der Waals surface area contributed by atoms with Crippen LogP contribution in [0.1, 0.15) is 26.2 Å². The fourth-order valence-electron chi connectivity index (χ4n) is 1.52. The smallest absolute Gasteiger partial charge is 0.406 e. The van der Waals surface area contributed by atoms with Gasteiger partial charge in [0.25, 0.3) is 0 Å². The molecule has 5 nitrogen and oxygen atoms in total. The molecule has 1 amide bonds. The molecule has 0 bridgehead atoms. The van der Waals surface area contributed by atoms with E-state index in [1.54, 1.807) is 14.2 Å². The molecule has 0 aromatic heterocycles. The summed E-state index contributed by atoms with van der Waals surface area (Å²) < 4.78 is 15.1. The zero-order valence-corrected chi connectivity index (χ0v) is 11.5. The summed E-state index contributed by atoms with van der Waals surface area (Å²) in [5.41, 5.74) is 0.458. The first-order chi connectivity index (χ1) is 7.69. The van der Waals surface area contributed by atoms with Gasteiger partial charge in [-0.2, -0.15) is 0 Å². The first-order valence-corrected chi connectivity index (χ1v) is 6.85. The molecule has 6 heteroatoms. The molecular weight excluding hydrogens is 226 g/mol. The van der Waals surface area contributed by atoms with Crippen LogP contribution in [-0.4, -0.2) is 43.3 Å². The molecule has 0 rings (SSSR count). The van der Waals surface area contributed by atoms with Crippen molar-refractivity contribution in [1.29, 1.82) is 0 Å². The van der Waals surface area contributed by atoms with Crippen molar-refractivity contribution in [3.8, 4) is 0 Å². The average Bonchev–Trinajstić information content (AvgIpc) is 2.32. The summed E-state index contributed by atoms with van der Waals surface area (Å²) in [6.45, 7) is 2.76. The molecule has 95 valence electrons. The van der Waals surface area contributed by atoms with Gasteiger partial charge in [0.15, 0.2) is 0 Å². The van der Waals surface area contributed by atoms with Crippen LogP contribution in [0, 0.1) is 0 Å². The molecule has 0 aliphatic rings. The Labute approximate surface area is 99.3 Å². The van der Waals surface area contributed by atoms with E-state index in [0.29, 0.717) is 12.1 Å². The molecule has 0 saturated heterocycles. The fraction of sp³-hybridized carbons (Fsp3) is 0.900. The summed E-state index contributed by atoms with van der Waals surface area (Å²) in [5.74, 6) is 0. The minimum atomic E-state index is -1.16. The Morgan fingerprint density at radius 2 is 1.94 bits per heavy atom. The average molecular weight is 248 g/mol. The molecule has 1 unspecified atom stereocenters. The van der Waals surface area contributed by atoms with E-state index >= 15 is 0 Å². The molecule has 0 aromatic rings. The number of ether oxygens (including phenoxy) is 1. The molecule has 0 saturated carbocycles. The maximum atomic E-state index is 10.8. The second kappa shape index (κ2) is 9.62. The summed E-state index contributed by atoms with van der Waals surface area (Å²) >= 11 is 0. The van der Waals surface area contributed by atoms with Crippen LogP contribution in [0.25, 0.3) is 0 Å². The van der Waals surface area contributed by atoms with Crippen molar-refractivity contribution in [3.63, 3.8) is 0 Å². The lowest BCUT2D eigenvalue weighted by atomic mass is 10.2. The number of rotatable bonds is 8. The second-order valence-electron chi connectivity index (χ2n) is 3.39. The molecule has 0 fully saturated rings. The highest BCUT2D eigenvalue weighted by atomic mass is 28.3. The van der Waals surface area contributed by atoms with E-state index < -0.39 is 9.28 Å². The number of hydrogen-bond donors (Lipinski definition) is 1. The maximum Gasteiger partial charge on any atom is 0.406 e. The van der Waals surface area contributed by atoms with E-state index in [4.69, 9.17) is 8.85 Å². The summed E-state index contributed by atoms with van der Waals surface area (Å²) in [5, 5.41) is 2.66. The predicted molar refractivity (Wildman–Crippen MR) is 63.5 cm³/mol. The SMILES string of the molecule is CCC(CCCNC(=O)OC)[Si](OC)OC. The third-order valence-corrected chi connectivity index (χ3v) is 4.58. The zero-order chi connectivity index (χ0) is 12.4. The molecule has 1 N–H and O–H groups in total. The van der Waals surface area contributed by atoms with E-state index in [9.17, 15) is 4.79 Å². The fourth-order valence-corrected chi connectivity index (χ4v) is 3.12. The van der Waals surface area contributed by atoms with Crippen LogP contribution >= 0.6 is 0 Å². The van der Waals surface area contributed by atoms with Crippen molar-refractivity contribution >= 4 is 15.4 Å². The Balaban J connectivity index is 3.74. The van der Waals surface area contributed by atoms with Crippen LogP contribution in [0.15, 0.2) is 0 Å². The number of methoxy groups -OCH3 is 1. The summed E-state index contributed by atoms with van der Waals surface area (Å²) in [4.78, 5) is 10.8. The lowest BCUT2D eigenvalue weighted by molar-refractivity contribution is 0.171. The highest BCUT2D eigenvalue weighted by Gasteiger charge is 2.24. The van der Waals surface area contributed by atoms with Gasteiger partial charge in [0.05, 0.1) is 7.11 Å². The highest BCUT2D eigenvalue weighted by molar-refractivity contribution is 6.46. The van der Waals surface area contributed by atoms with E-state index in [0.717, 1.165) is 19.3 Å². The molecule has 0 heterocycles.